The quantitative estimate of drug-likeness (QED) is 0.0596. The molecule has 0 radical (unpaired) electrons. The zero-order valence-electron chi connectivity index (χ0n) is 70.0. The zero-order valence-corrected chi connectivity index (χ0v) is 73.2. The Kier molecular flexibility index (Phi) is 21.4. The van der Waals surface area contributed by atoms with Crippen LogP contribution in [0.3, 0.4) is 0 Å². The Morgan fingerprint density at radius 3 is 1.37 bits per heavy atom. The molecule has 12 aliphatic rings. The van der Waals surface area contributed by atoms with Crippen molar-refractivity contribution in [2.24, 2.45) is 88.8 Å². The minimum absolute atomic E-state index is 0.400. The van der Waals surface area contributed by atoms with Gasteiger partial charge in [0.2, 0.25) is 0 Å². The van der Waals surface area contributed by atoms with Crippen molar-refractivity contribution < 1.29 is 13.2 Å². The average molecular weight is 1740 g/mol. The van der Waals surface area contributed by atoms with Crippen LogP contribution >= 0.6 is 45.9 Å². The lowest BCUT2D eigenvalue weighted by Crippen LogP contribution is -2.47. The van der Waals surface area contributed by atoms with Gasteiger partial charge in [-0.3, -0.25) is 20.4 Å². The van der Waals surface area contributed by atoms with E-state index in [0.717, 1.165) is 173 Å². The number of thiophene rings is 2. The molecule has 0 saturated heterocycles. The van der Waals surface area contributed by atoms with E-state index in [1.54, 1.807) is 53.5 Å². The molecule has 16 heterocycles. The molecule has 23 nitrogen and oxygen atoms in total. The van der Waals surface area contributed by atoms with Crippen LogP contribution < -0.4 is 5.32 Å². The van der Waals surface area contributed by atoms with Crippen molar-refractivity contribution in [3.05, 3.63) is 185 Å². The van der Waals surface area contributed by atoms with Gasteiger partial charge in [-0.1, -0.05) is 69.1 Å². The molecule has 0 aliphatic heterocycles. The molecule has 2 unspecified atom stereocenters. The van der Waals surface area contributed by atoms with Crippen LogP contribution in [-0.4, -0.2) is 107 Å². The van der Waals surface area contributed by atoms with E-state index in [1.165, 1.54) is 130 Å². The number of nitrogens with one attached hydrogen (secondary N) is 5. The highest BCUT2D eigenvalue weighted by Gasteiger charge is 2.46. The van der Waals surface area contributed by atoms with Crippen molar-refractivity contribution in [2.45, 2.75) is 156 Å². The minimum atomic E-state index is -0.400. The first-order chi connectivity index (χ1) is 61.2. The van der Waals surface area contributed by atoms with Gasteiger partial charge in [-0.25, -0.2) is 64.2 Å². The Morgan fingerprint density at radius 1 is 0.408 bits per heavy atom. The van der Waals surface area contributed by atoms with Gasteiger partial charge in [0.1, 0.15) is 60.9 Å². The summed E-state index contributed by atoms with van der Waals surface area (Å²) in [5, 5.41) is 41.7. The number of benzene rings is 1. The second-order valence-electron chi connectivity index (χ2n) is 36.6. The summed E-state index contributed by atoms with van der Waals surface area (Å²) in [5.41, 5.74) is 11.1. The van der Waals surface area contributed by atoms with Gasteiger partial charge in [0.05, 0.1) is 50.8 Å². The van der Waals surface area contributed by atoms with Crippen molar-refractivity contribution in [1.82, 2.24) is 101 Å². The molecule has 5 N–H and O–H groups in total. The number of aromatic amines is 4. The molecule has 16 aromatic heterocycles. The summed E-state index contributed by atoms with van der Waals surface area (Å²) in [5.74, 6) is 16.0. The highest BCUT2D eigenvalue weighted by atomic mass is 35.5. The van der Waals surface area contributed by atoms with Crippen molar-refractivity contribution in [2.75, 3.05) is 5.32 Å². The molecule has 125 heavy (non-hydrogen) atoms. The van der Waals surface area contributed by atoms with Crippen LogP contribution in [0.25, 0.3) is 144 Å². The normalized spacial score (nSPS) is 25.3. The van der Waals surface area contributed by atoms with E-state index in [2.05, 4.69) is 148 Å². The Labute approximate surface area is 739 Å². The second kappa shape index (κ2) is 33.6. The Hall–Kier alpha value is -11.2. The van der Waals surface area contributed by atoms with Gasteiger partial charge in [-0.2, -0.15) is 20.4 Å². The molecular formula is C97H96Cl2FN21O2S2. The number of rotatable bonds is 15. The van der Waals surface area contributed by atoms with E-state index in [9.17, 15) is 4.39 Å². The van der Waals surface area contributed by atoms with Crippen LogP contribution in [0.1, 0.15) is 148 Å². The van der Waals surface area contributed by atoms with Crippen LogP contribution in [0.5, 0.6) is 0 Å². The largest absolute Gasteiger partial charge is 0.463 e. The molecule has 1 aromatic carbocycles. The number of hydrogen-bond acceptors (Lipinski definition) is 21. The van der Waals surface area contributed by atoms with Gasteiger partial charge in [-0.15, -0.1) is 22.7 Å². The van der Waals surface area contributed by atoms with Crippen molar-refractivity contribution in [3.8, 4) is 79.6 Å². The Balaban J connectivity index is 0.0000000991. The van der Waals surface area contributed by atoms with Crippen molar-refractivity contribution in [1.29, 1.82) is 0 Å². The molecule has 29 rings (SSSR count). The number of nitrogens with zero attached hydrogens (tertiary/aromatic N) is 16. The summed E-state index contributed by atoms with van der Waals surface area (Å²) in [6.45, 7) is 9.73. The first-order valence-electron chi connectivity index (χ1n) is 44.7. The maximum Gasteiger partial charge on any atom is 0.183 e. The number of furan rings is 2. The molecule has 17 aromatic rings. The predicted molar refractivity (Wildman–Crippen MR) is 489 cm³/mol. The summed E-state index contributed by atoms with van der Waals surface area (Å²) in [6, 6.07) is 40.1. The van der Waals surface area contributed by atoms with Crippen molar-refractivity contribution in [3.63, 3.8) is 0 Å². The van der Waals surface area contributed by atoms with E-state index in [-0.39, 0.29) is 0 Å². The van der Waals surface area contributed by atoms with Crippen molar-refractivity contribution >= 4 is 116 Å². The minimum Gasteiger partial charge on any atom is -0.463 e. The smallest absolute Gasteiger partial charge is 0.183 e. The zero-order chi connectivity index (χ0) is 84.1. The molecule has 0 amide bonds. The number of hydrogen-bond donors (Lipinski definition) is 5. The van der Waals surface area contributed by atoms with E-state index < -0.39 is 5.82 Å². The lowest BCUT2D eigenvalue weighted by atomic mass is 9.58. The molecule has 634 valence electrons. The standard InChI is InChI=1S/C28H26ClN5S.C24H24ClN5O.C24H25N5O.C21H21FN6S/c1-15-16-6-8-17(9-7-16)21(15)13-19-14-22(24-12-18-4-2-3-5-23(18)35-24)31-28(30-19)26-20-10-11-25(29)32-27(20)34-33-26;1-13-14-4-6-15(7-5-14)18(13)11-16-12-19(20-3-2-10-31-20)27-24(26-16)22-17-8-9-21(25)28-23(17)30-29-22;1-14-15-6-8-16(9-7-15)19(14)12-17-13-20(21-5-3-11-30-21)27-24(26-17)22-18-4-2-10-25-23(18)29-28-22;1-10-11-2-4-12(5-3-11)16(10)24-19-14-6-7-29-21(14)26-20(25-19)17-15-8-13(22)9-23-18(15)28-27-17/h2-5,10-12,14-17,21H,6-9,13H2,1H3,(H,32,33,34);2-3,8-10,12-15,18H,4-7,11H2,1H3,(H,28,29,30);2-5,10-11,13-16,19H,6-9,12H2,1H3,(H,25,28,29);6-12,16H,2-5H2,1H3,(H,23,27,28)(H,24,25,26)/t15-,16?,17?,21+;13-,14?,15?,18+;14-,15?,16?,19+;/m000./s1. The number of H-pyrrole nitrogens is 4. The lowest BCUT2D eigenvalue weighted by Gasteiger charge is -2.47. The van der Waals surface area contributed by atoms with Crippen LogP contribution in [0.15, 0.2) is 160 Å². The third-order valence-corrected chi connectivity index (χ3v) is 32.4. The fourth-order valence-corrected chi connectivity index (χ4v) is 25.4. The summed E-state index contributed by atoms with van der Waals surface area (Å²) >= 11 is 15.5. The molecule has 12 saturated carbocycles. The Morgan fingerprint density at radius 2 is 0.864 bits per heavy atom. The molecule has 12 fully saturated rings. The van der Waals surface area contributed by atoms with E-state index in [1.807, 2.05) is 53.9 Å². The van der Waals surface area contributed by atoms with E-state index in [4.69, 9.17) is 71.9 Å². The fraction of sp³-hybridized carbons (Fsp3) is 0.402. The van der Waals surface area contributed by atoms with Crippen LogP contribution in [-0.2, 0) is 19.3 Å². The highest BCUT2D eigenvalue weighted by Crippen LogP contribution is 2.54. The number of aromatic nitrogens is 20. The SMILES string of the molecule is CC1C2CCC(CC2)C1Nc1nc(-c2[nH]nc3ncc(F)cc23)nc2sccc12.C[C@H]1C2CCC(CC2)[C@@H]1Cc1cc(-c2cc3ccccc3s2)nc(-c2[nH]nc3nc(Cl)ccc23)n1.C[C@H]1C2CCC(CC2)[C@@H]1Cc1cc(-c2ccco2)nc(-c2[nH]nc3nc(Cl)ccc23)n1.C[C@H]1C2CCC(CC2)[C@@H]1Cc1cc(-c2ccco2)nc(-c2[nH]nc3ncccc23)n1. The van der Waals surface area contributed by atoms with Gasteiger partial charge < -0.3 is 14.2 Å². The third-order valence-electron chi connectivity index (χ3n) is 30.1. The second-order valence-corrected chi connectivity index (χ2v) is 39.3. The maximum atomic E-state index is 13.8. The first kappa shape index (κ1) is 79.7. The van der Waals surface area contributed by atoms with Gasteiger partial charge in [-0.05, 0) is 325 Å². The average Bonchev–Trinajstić information content (AvgIpc) is 1.74. The molecule has 0 spiro atoms. The summed E-state index contributed by atoms with van der Waals surface area (Å²) in [4.78, 5) is 58.5. The van der Waals surface area contributed by atoms with Crippen LogP contribution in [0.2, 0.25) is 10.3 Å². The maximum absolute atomic E-state index is 13.8. The highest BCUT2D eigenvalue weighted by molar-refractivity contribution is 7.22. The van der Waals surface area contributed by atoms with Gasteiger partial charge in [0, 0.05) is 39.4 Å². The molecule has 28 heteroatoms. The number of halogens is 3. The van der Waals surface area contributed by atoms with E-state index >= 15 is 0 Å². The van der Waals surface area contributed by atoms with Gasteiger partial charge in [0.15, 0.2) is 57.4 Å². The number of fused-ring (bicyclic) bond motifs is 18. The number of pyridine rings is 4. The molecular weight excluding hydrogens is 1650 g/mol. The van der Waals surface area contributed by atoms with Gasteiger partial charge >= 0.3 is 0 Å². The predicted octanol–water partition coefficient (Wildman–Crippen LogP) is 23.8. The van der Waals surface area contributed by atoms with Crippen LogP contribution in [0.4, 0.5) is 10.2 Å². The lowest BCUT2D eigenvalue weighted by molar-refractivity contribution is 0.0339. The first-order valence-corrected chi connectivity index (χ1v) is 47.2. The summed E-state index contributed by atoms with van der Waals surface area (Å²) < 4.78 is 26.4. The monoisotopic (exact) mass is 1740 g/mol. The summed E-state index contributed by atoms with van der Waals surface area (Å²) in [6.07, 6.45) is 31.2. The number of anilines is 1. The topological polar surface area (TPSA) is 308 Å². The molecule has 12 aliphatic carbocycles. The van der Waals surface area contributed by atoms with E-state index in [0.29, 0.717) is 103 Å². The summed E-state index contributed by atoms with van der Waals surface area (Å²) in [7, 11) is 0. The molecule has 8 atom stereocenters. The third kappa shape index (κ3) is 15.6. The molecule has 8 bridgehead atoms. The van der Waals surface area contributed by atoms with Crippen LogP contribution in [0, 0.1) is 94.6 Å². The van der Waals surface area contributed by atoms with Gasteiger partial charge in [0.25, 0.3) is 0 Å². The fourth-order valence-electron chi connectivity index (χ4n) is 23.3. The Bertz CT molecular complexity index is 6730.